The van der Waals surface area contributed by atoms with Crippen LogP contribution >= 0.6 is 39.3 Å². The van der Waals surface area contributed by atoms with Gasteiger partial charge in [-0.25, -0.2) is 0 Å². The molecule has 3 rings (SSSR count). The van der Waals surface area contributed by atoms with Gasteiger partial charge in [0.15, 0.2) is 11.5 Å². The molecule has 0 saturated carbocycles. The van der Waals surface area contributed by atoms with E-state index in [0.717, 1.165) is 17.3 Å². The molecule has 0 bridgehead atoms. The molecule has 29 heavy (non-hydrogen) atoms. The molecule has 0 unspecified atom stereocenters. The lowest BCUT2D eigenvalue weighted by atomic mass is 10.2. The number of esters is 1. The summed E-state index contributed by atoms with van der Waals surface area (Å²) >= 11 is 10.2. The maximum absolute atomic E-state index is 12.3. The van der Waals surface area contributed by atoms with Gasteiger partial charge in [-0.2, -0.15) is 5.26 Å². The van der Waals surface area contributed by atoms with E-state index >= 15 is 0 Å². The molecule has 3 aromatic rings. The van der Waals surface area contributed by atoms with E-state index in [1.165, 1.54) is 6.07 Å². The summed E-state index contributed by atoms with van der Waals surface area (Å²) in [6.07, 6.45) is 0. The minimum absolute atomic E-state index is 0.0553. The van der Waals surface area contributed by atoms with Crippen LogP contribution in [-0.4, -0.2) is 28.5 Å². The molecular formula is C19H13BrClN3O4S. The van der Waals surface area contributed by atoms with Crippen LogP contribution in [0.3, 0.4) is 0 Å². The monoisotopic (exact) mass is 493 g/mol. The number of nitrogens with zero attached hydrogens (tertiary/aromatic N) is 3. The van der Waals surface area contributed by atoms with Gasteiger partial charge in [0.2, 0.25) is 5.89 Å². The highest BCUT2D eigenvalue weighted by molar-refractivity contribution is 9.10. The lowest BCUT2D eigenvalue weighted by Crippen LogP contribution is -2.12. The molecule has 0 aliphatic heterocycles. The first kappa shape index (κ1) is 21.2. The van der Waals surface area contributed by atoms with Crippen molar-refractivity contribution in [3.63, 3.8) is 0 Å². The standard InChI is InChI=1S/C19H13BrClN3O4S/c1-2-26-15-8-11(9-22)7-14(20)17(15)27-16(25)10-29-19-24-23-18(28-19)12-3-5-13(21)6-4-12/h3-8H,2,10H2,1H3. The summed E-state index contributed by atoms with van der Waals surface area (Å²) in [4.78, 5) is 12.3. The van der Waals surface area contributed by atoms with E-state index < -0.39 is 5.97 Å². The number of benzene rings is 2. The number of rotatable bonds is 7. The number of carbonyl (C=O) groups excluding carboxylic acids is 1. The van der Waals surface area contributed by atoms with Gasteiger partial charge in [0, 0.05) is 16.7 Å². The van der Waals surface area contributed by atoms with Crippen LogP contribution in [0.4, 0.5) is 0 Å². The molecule has 0 spiro atoms. The van der Waals surface area contributed by atoms with Crippen LogP contribution in [0.25, 0.3) is 11.5 Å². The topological polar surface area (TPSA) is 98.2 Å². The number of ether oxygens (including phenoxy) is 2. The van der Waals surface area contributed by atoms with Crippen LogP contribution < -0.4 is 9.47 Å². The van der Waals surface area contributed by atoms with E-state index in [4.69, 9.17) is 30.8 Å². The maximum atomic E-state index is 12.3. The van der Waals surface area contributed by atoms with Crippen molar-refractivity contribution in [2.24, 2.45) is 0 Å². The summed E-state index contributed by atoms with van der Waals surface area (Å²) in [5.41, 5.74) is 1.11. The highest BCUT2D eigenvalue weighted by Gasteiger charge is 2.18. The Hall–Kier alpha value is -2.54. The predicted molar refractivity (Wildman–Crippen MR) is 111 cm³/mol. The molecule has 148 valence electrons. The summed E-state index contributed by atoms with van der Waals surface area (Å²) in [6, 6.07) is 12.0. The van der Waals surface area contributed by atoms with Crippen LogP contribution in [-0.2, 0) is 4.79 Å². The third-order valence-electron chi connectivity index (χ3n) is 3.47. The molecule has 10 heteroatoms. The Morgan fingerprint density at radius 3 is 2.76 bits per heavy atom. The third-order valence-corrected chi connectivity index (χ3v) is 5.10. The zero-order chi connectivity index (χ0) is 20.8. The van der Waals surface area contributed by atoms with Crippen LogP contribution in [0, 0.1) is 11.3 Å². The number of carbonyl (C=O) groups is 1. The van der Waals surface area contributed by atoms with E-state index in [0.29, 0.717) is 33.3 Å². The number of aromatic nitrogens is 2. The Balaban J connectivity index is 1.65. The molecule has 1 heterocycles. The number of nitriles is 1. The molecule has 0 radical (unpaired) electrons. The normalized spacial score (nSPS) is 10.4. The average Bonchev–Trinajstić information content (AvgIpc) is 3.18. The highest BCUT2D eigenvalue weighted by atomic mass is 79.9. The minimum atomic E-state index is -0.535. The Morgan fingerprint density at radius 1 is 1.31 bits per heavy atom. The fourth-order valence-electron chi connectivity index (χ4n) is 2.24. The van der Waals surface area contributed by atoms with Gasteiger partial charge in [-0.1, -0.05) is 23.4 Å². The molecule has 0 aliphatic rings. The number of halogens is 2. The van der Waals surface area contributed by atoms with Crippen LogP contribution in [0.2, 0.25) is 5.02 Å². The summed E-state index contributed by atoms with van der Waals surface area (Å²) in [6.45, 7) is 2.15. The van der Waals surface area contributed by atoms with Crippen molar-refractivity contribution in [1.29, 1.82) is 5.26 Å². The molecular weight excluding hydrogens is 482 g/mol. The van der Waals surface area contributed by atoms with E-state index in [2.05, 4.69) is 26.1 Å². The van der Waals surface area contributed by atoms with Crippen molar-refractivity contribution in [2.45, 2.75) is 12.1 Å². The Morgan fingerprint density at radius 2 is 2.07 bits per heavy atom. The average molecular weight is 495 g/mol. The number of hydrogen-bond donors (Lipinski definition) is 0. The quantitative estimate of drug-likeness (QED) is 0.253. The van der Waals surface area contributed by atoms with Gasteiger partial charge in [0.1, 0.15) is 5.75 Å². The molecule has 0 aliphatic carbocycles. The SMILES string of the molecule is CCOc1cc(C#N)cc(Br)c1OC(=O)CSc1nnc(-c2ccc(Cl)cc2)o1. The lowest BCUT2D eigenvalue weighted by molar-refractivity contribution is -0.131. The first-order valence-corrected chi connectivity index (χ1v) is 10.4. The van der Waals surface area contributed by atoms with E-state index in [1.54, 1.807) is 37.3 Å². The van der Waals surface area contributed by atoms with Crippen molar-refractivity contribution in [1.82, 2.24) is 10.2 Å². The summed E-state index contributed by atoms with van der Waals surface area (Å²) in [5.74, 6) is 0.252. The van der Waals surface area contributed by atoms with Gasteiger partial charge in [-0.15, -0.1) is 10.2 Å². The fraction of sp³-hybridized carbons (Fsp3) is 0.158. The smallest absolute Gasteiger partial charge is 0.322 e. The zero-order valence-corrected chi connectivity index (χ0v) is 18.2. The van der Waals surface area contributed by atoms with Crippen molar-refractivity contribution in [3.8, 4) is 29.0 Å². The van der Waals surface area contributed by atoms with Gasteiger partial charge >= 0.3 is 5.97 Å². The Bertz CT molecular complexity index is 1070. The number of hydrogen-bond acceptors (Lipinski definition) is 8. The molecule has 0 amide bonds. The molecule has 1 aromatic heterocycles. The second-order valence-electron chi connectivity index (χ2n) is 5.47. The summed E-state index contributed by atoms with van der Waals surface area (Å²) < 4.78 is 16.9. The van der Waals surface area contributed by atoms with Gasteiger partial charge < -0.3 is 13.9 Å². The second-order valence-corrected chi connectivity index (χ2v) is 7.69. The first-order valence-electron chi connectivity index (χ1n) is 8.29. The van der Waals surface area contributed by atoms with Crippen molar-refractivity contribution < 1.29 is 18.7 Å². The van der Waals surface area contributed by atoms with E-state index in [1.807, 2.05) is 6.07 Å². The molecule has 0 fully saturated rings. The number of thioether (sulfide) groups is 1. The predicted octanol–water partition coefficient (Wildman–Crippen LogP) is 5.12. The fourth-order valence-corrected chi connectivity index (χ4v) is 3.42. The largest absolute Gasteiger partial charge is 0.490 e. The first-order chi connectivity index (χ1) is 14.0. The maximum Gasteiger partial charge on any atom is 0.322 e. The minimum Gasteiger partial charge on any atom is -0.490 e. The Kier molecular flexibility index (Phi) is 7.14. The van der Waals surface area contributed by atoms with Crippen LogP contribution in [0.15, 0.2) is 50.5 Å². The van der Waals surface area contributed by atoms with Crippen molar-refractivity contribution in [3.05, 3.63) is 51.5 Å². The Labute approximate surface area is 184 Å². The molecule has 2 aromatic carbocycles. The van der Waals surface area contributed by atoms with Gasteiger partial charge in [0.05, 0.1) is 22.7 Å². The van der Waals surface area contributed by atoms with E-state index in [-0.39, 0.29) is 16.7 Å². The zero-order valence-electron chi connectivity index (χ0n) is 15.0. The van der Waals surface area contributed by atoms with Crippen molar-refractivity contribution >= 4 is 45.3 Å². The molecule has 0 saturated heterocycles. The van der Waals surface area contributed by atoms with Crippen LogP contribution in [0.5, 0.6) is 11.5 Å². The summed E-state index contributed by atoms with van der Waals surface area (Å²) in [7, 11) is 0. The molecule has 0 N–H and O–H groups in total. The third kappa shape index (κ3) is 5.50. The lowest BCUT2D eigenvalue weighted by Gasteiger charge is -2.12. The van der Waals surface area contributed by atoms with Crippen molar-refractivity contribution in [2.75, 3.05) is 12.4 Å². The van der Waals surface area contributed by atoms with Gasteiger partial charge in [-0.05, 0) is 53.2 Å². The second kappa shape index (κ2) is 9.78. The van der Waals surface area contributed by atoms with Crippen LogP contribution in [0.1, 0.15) is 12.5 Å². The molecule has 7 nitrogen and oxygen atoms in total. The molecule has 0 atom stereocenters. The van der Waals surface area contributed by atoms with Gasteiger partial charge in [0.25, 0.3) is 5.22 Å². The van der Waals surface area contributed by atoms with E-state index in [9.17, 15) is 4.79 Å². The van der Waals surface area contributed by atoms with Gasteiger partial charge in [-0.3, -0.25) is 4.79 Å². The highest BCUT2D eigenvalue weighted by Crippen LogP contribution is 2.37. The summed E-state index contributed by atoms with van der Waals surface area (Å²) in [5, 5.41) is 17.8.